The first-order valence-corrected chi connectivity index (χ1v) is 7.61. The number of carbonyl (C=O) groups excluding carboxylic acids is 2. The number of amides is 2. The first kappa shape index (κ1) is 17.2. The minimum atomic E-state index is -0.188. The van der Waals surface area contributed by atoms with Gasteiger partial charge in [-0.2, -0.15) is 0 Å². The normalized spacial score (nSPS) is 9.95. The van der Waals surface area contributed by atoms with Crippen molar-refractivity contribution in [2.24, 2.45) is 11.7 Å². The highest BCUT2D eigenvalue weighted by atomic mass is 32.1. The number of thiophene rings is 1. The predicted molar refractivity (Wildman–Crippen MR) is 85.1 cm³/mol. The summed E-state index contributed by atoms with van der Waals surface area (Å²) in [4.78, 5) is 26.1. The smallest absolute Gasteiger partial charge is 0.254 e. The summed E-state index contributed by atoms with van der Waals surface area (Å²) in [6.07, 6.45) is 0. The number of rotatable bonds is 5. The van der Waals surface area contributed by atoms with Gasteiger partial charge in [-0.05, 0) is 12.0 Å². The van der Waals surface area contributed by atoms with Gasteiger partial charge in [0.1, 0.15) is 0 Å². The Morgan fingerprint density at radius 3 is 2.81 bits per heavy atom. The lowest BCUT2D eigenvalue weighted by atomic mass is 10.2. The number of hydrogen-bond donors (Lipinski definition) is 2. The van der Waals surface area contributed by atoms with Gasteiger partial charge in [-0.25, -0.2) is 0 Å². The highest BCUT2D eigenvalue weighted by Crippen LogP contribution is 2.15. The number of nitrogens with two attached hydrogens (primary N) is 1. The number of likely N-dealkylation sites (N-methyl/N-ethyl adjacent to an activating group) is 1. The van der Waals surface area contributed by atoms with Crippen molar-refractivity contribution in [2.75, 3.05) is 26.7 Å². The lowest BCUT2D eigenvalue weighted by molar-refractivity contribution is -0.121. The van der Waals surface area contributed by atoms with Crippen molar-refractivity contribution in [1.29, 1.82) is 0 Å². The molecule has 5 nitrogen and oxygen atoms in total. The second kappa shape index (κ2) is 8.45. The van der Waals surface area contributed by atoms with Crippen LogP contribution in [-0.2, 0) is 4.79 Å². The van der Waals surface area contributed by atoms with Gasteiger partial charge in [-0.3, -0.25) is 9.59 Å². The molecule has 1 aromatic rings. The average molecular weight is 307 g/mol. The third-order valence-electron chi connectivity index (χ3n) is 2.60. The minimum Gasteiger partial charge on any atom is -0.354 e. The van der Waals surface area contributed by atoms with Crippen LogP contribution in [0.1, 0.15) is 29.1 Å². The second-order valence-corrected chi connectivity index (χ2v) is 5.98. The van der Waals surface area contributed by atoms with Crippen LogP contribution in [0, 0.1) is 17.8 Å². The maximum atomic E-state index is 12.2. The first-order valence-electron chi connectivity index (χ1n) is 6.73. The molecule has 1 heterocycles. The van der Waals surface area contributed by atoms with Crippen LogP contribution < -0.4 is 11.1 Å². The molecule has 0 aliphatic rings. The Bertz CT molecular complexity index is 555. The van der Waals surface area contributed by atoms with Gasteiger partial charge in [0.2, 0.25) is 5.91 Å². The summed E-state index contributed by atoms with van der Waals surface area (Å²) in [5, 5.41) is 4.53. The zero-order chi connectivity index (χ0) is 15.8. The molecule has 0 aliphatic carbocycles. The predicted octanol–water partition coefficient (Wildman–Crippen LogP) is 0.903. The molecule has 0 unspecified atom stereocenters. The molecule has 0 aromatic carbocycles. The molecule has 0 fully saturated rings. The van der Waals surface area contributed by atoms with Crippen LogP contribution in [0.15, 0.2) is 11.4 Å². The Labute approximate surface area is 129 Å². The fourth-order valence-corrected chi connectivity index (χ4v) is 2.28. The van der Waals surface area contributed by atoms with Crippen LogP contribution in [0.5, 0.6) is 0 Å². The van der Waals surface area contributed by atoms with Crippen LogP contribution >= 0.6 is 11.3 Å². The first-order chi connectivity index (χ1) is 9.93. The van der Waals surface area contributed by atoms with E-state index >= 15 is 0 Å². The molecule has 0 aliphatic heterocycles. The quantitative estimate of drug-likeness (QED) is 0.794. The summed E-state index contributed by atoms with van der Waals surface area (Å²) in [7, 11) is 1.61. The van der Waals surface area contributed by atoms with E-state index in [1.54, 1.807) is 18.5 Å². The van der Waals surface area contributed by atoms with Gasteiger partial charge >= 0.3 is 0 Å². The molecule has 3 N–H and O–H groups in total. The monoisotopic (exact) mass is 307 g/mol. The van der Waals surface area contributed by atoms with E-state index in [1.807, 2.05) is 13.8 Å². The molecule has 0 radical (unpaired) electrons. The Kier molecular flexibility index (Phi) is 6.92. The molecule has 1 rings (SSSR count). The molecule has 0 saturated carbocycles. The molecule has 1 aromatic heterocycles. The van der Waals surface area contributed by atoms with E-state index in [4.69, 9.17) is 5.73 Å². The van der Waals surface area contributed by atoms with E-state index in [0.29, 0.717) is 18.0 Å². The molecule has 0 bridgehead atoms. The van der Waals surface area contributed by atoms with Crippen molar-refractivity contribution < 1.29 is 9.59 Å². The molecule has 0 saturated heterocycles. The van der Waals surface area contributed by atoms with Gasteiger partial charge in [0, 0.05) is 19.0 Å². The molecule has 0 atom stereocenters. The van der Waals surface area contributed by atoms with E-state index in [0.717, 1.165) is 4.88 Å². The summed E-state index contributed by atoms with van der Waals surface area (Å²) < 4.78 is 0. The minimum absolute atomic E-state index is 0.0468. The number of carbonyl (C=O) groups is 2. The van der Waals surface area contributed by atoms with Crippen LogP contribution in [0.4, 0.5) is 0 Å². The summed E-state index contributed by atoms with van der Waals surface area (Å²) in [5.41, 5.74) is 5.85. The van der Waals surface area contributed by atoms with Gasteiger partial charge in [-0.15, -0.1) is 11.3 Å². The van der Waals surface area contributed by atoms with Crippen LogP contribution in [0.3, 0.4) is 0 Å². The van der Waals surface area contributed by atoms with Gasteiger partial charge in [-0.1, -0.05) is 25.7 Å². The third-order valence-corrected chi connectivity index (χ3v) is 3.44. The molecular formula is C15H21N3O2S. The van der Waals surface area contributed by atoms with Gasteiger partial charge in [0.05, 0.1) is 23.5 Å². The van der Waals surface area contributed by atoms with Crippen molar-refractivity contribution >= 4 is 23.2 Å². The van der Waals surface area contributed by atoms with Crippen molar-refractivity contribution in [3.8, 4) is 11.8 Å². The van der Waals surface area contributed by atoms with Crippen molar-refractivity contribution in [1.82, 2.24) is 10.2 Å². The summed E-state index contributed by atoms with van der Waals surface area (Å²) in [6.45, 7) is 4.98. The topological polar surface area (TPSA) is 75.4 Å². The largest absolute Gasteiger partial charge is 0.354 e. The number of nitrogens with zero attached hydrogens (tertiary/aromatic N) is 1. The molecule has 2 amide bonds. The van der Waals surface area contributed by atoms with Gasteiger partial charge in [0.15, 0.2) is 0 Å². The average Bonchev–Trinajstić information content (AvgIpc) is 2.90. The summed E-state index contributed by atoms with van der Waals surface area (Å²) in [6, 6.07) is 1.72. The SMILES string of the molecule is CC(C)CNC(=O)CN(C)C(=O)c1csc(C#CCN)c1. The number of nitrogens with one attached hydrogen (secondary N) is 1. The summed E-state index contributed by atoms with van der Waals surface area (Å²) in [5.74, 6) is 5.67. The zero-order valence-electron chi connectivity index (χ0n) is 12.6. The Balaban J connectivity index is 2.57. The van der Waals surface area contributed by atoms with Crippen molar-refractivity contribution in [2.45, 2.75) is 13.8 Å². The van der Waals surface area contributed by atoms with Gasteiger partial charge < -0.3 is 16.0 Å². The lowest BCUT2D eigenvalue weighted by Crippen LogP contribution is -2.39. The number of hydrogen-bond acceptors (Lipinski definition) is 4. The Hall–Kier alpha value is -1.84. The van der Waals surface area contributed by atoms with Crippen LogP contribution in [0.25, 0.3) is 0 Å². The van der Waals surface area contributed by atoms with E-state index in [-0.39, 0.29) is 24.9 Å². The fraction of sp³-hybridized carbons (Fsp3) is 0.467. The molecule has 21 heavy (non-hydrogen) atoms. The molecule has 0 spiro atoms. The standard InChI is InChI=1S/C15H21N3O2S/c1-11(2)8-17-14(19)9-18(3)15(20)12-7-13(21-10-12)5-4-6-16/h7,10-11H,6,8-9,16H2,1-3H3,(H,17,19). The Morgan fingerprint density at radius 1 is 1.48 bits per heavy atom. The molecule has 114 valence electrons. The highest BCUT2D eigenvalue weighted by Gasteiger charge is 2.16. The fourth-order valence-electron chi connectivity index (χ4n) is 1.53. The second-order valence-electron chi connectivity index (χ2n) is 5.06. The lowest BCUT2D eigenvalue weighted by Gasteiger charge is -2.16. The maximum absolute atomic E-state index is 12.2. The van der Waals surface area contributed by atoms with E-state index in [2.05, 4.69) is 17.2 Å². The van der Waals surface area contributed by atoms with Crippen molar-refractivity contribution in [3.63, 3.8) is 0 Å². The van der Waals surface area contributed by atoms with E-state index in [9.17, 15) is 9.59 Å². The maximum Gasteiger partial charge on any atom is 0.254 e. The molecular weight excluding hydrogens is 286 g/mol. The van der Waals surface area contributed by atoms with Gasteiger partial charge in [0.25, 0.3) is 5.91 Å². The highest BCUT2D eigenvalue weighted by molar-refractivity contribution is 7.10. The third kappa shape index (κ3) is 5.98. The van der Waals surface area contributed by atoms with E-state index in [1.165, 1.54) is 16.2 Å². The van der Waals surface area contributed by atoms with Crippen LogP contribution in [0.2, 0.25) is 0 Å². The Morgan fingerprint density at radius 2 is 2.19 bits per heavy atom. The van der Waals surface area contributed by atoms with Crippen molar-refractivity contribution in [3.05, 3.63) is 21.9 Å². The summed E-state index contributed by atoms with van der Waals surface area (Å²) >= 11 is 1.39. The molecule has 6 heteroatoms. The van der Waals surface area contributed by atoms with Crippen LogP contribution in [-0.4, -0.2) is 43.4 Å². The van der Waals surface area contributed by atoms with E-state index < -0.39 is 0 Å². The zero-order valence-corrected chi connectivity index (χ0v) is 13.4.